The van der Waals surface area contributed by atoms with Gasteiger partial charge < -0.3 is 24.4 Å². The second-order valence-corrected chi connectivity index (χ2v) is 7.09. The second-order valence-electron chi connectivity index (χ2n) is 7.09. The van der Waals surface area contributed by atoms with Crippen molar-refractivity contribution in [3.8, 4) is 5.75 Å². The van der Waals surface area contributed by atoms with Crippen LogP contribution in [0.1, 0.15) is 33.3 Å². The molecule has 1 aromatic heterocycles. The quantitative estimate of drug-likeness (QED) is 0.697. The van der Waals surface area contributed by atoms with E-state index in [0.29, 0.717) is 12.7 Å². The van der Waals surface area contributed by atoms with Crippen molar-refractivity contribution in [2.24, 2.45) is 5.90 Å². The average Bonchev–Trinajstić information content (AvgIpc) is 3.08. The summed E-state index contributed by atoms with van der Waals surface area (Å²) in [6, 6.07) is 2.74. The lowest BCUT2D eigenvalue weighted by molar-refractivity contribution is 0.00607. The van der Waals surface area contributed by atoms with Crippen molar-refractivity contribution in [1.82, 2.24) is 14.8 Å². The van der Waals surface area contributed by atoms with Gasteiger partial charge in [-0.05, 0) is 13.0 Å². The highest BCUT2D eigenvalue weighted by atomic mass is 19.1. The smallest absolute Gasteiger partial charge is 0.277 e. The molecule has 4 rings (SSSR count). The largest absolute Gasteiger partial charge is 0.405 e. The number of benzene rings is 1. The number of pyridine rings is 1. The number of hydrogen-bond donors (Lipinski definition) is 2. The van der Waals surface area contributed by atoms with E-state index in [0.717, 1.165) is 6.07 Å². The zero-order valence-corrected chi connectivity index (χ0v) is 15.9. The molecule has 3 N–H and O–H groups in total. The number of amides is 2. The van der Waals surface area contributed by atoms with Crippen molar-refractivity contribution >= 4 is 11.8 Å². The zero-order chi connectivity index (χ0) is 21.6. The molecule has 2 aliphatic rings. The number of carbonyl (C=O) groups excluding carboxylic acids is 2. The molecular formula is C19H18F2N4O5. The van der Waals surface area contributed by atoms with Crippen LogP contribution >= 0.6 is 0 Å². The van der Waals surface area contributed by atoms with E-state index in [1.54, 1.807) is 0 Å². The zero-order valence-electron chi connectivity index (χ0n) is 15.9. The maximum atomic E-state index is 13.8. The van der Waals surface area contributed by atoms with Gasteiger partial charge in [-0.25, -0.2) is 8.78 Å². The van der Waals surface area contributed by atoms with Gasteiger partial charge in [0.25, 0.3) is 11.8 Å². The number of nitrogens with zero attached hydrogens (tertiary/aromatic N) is 2. The summed E-state index contributed by atoms with van der Waals surface area (Å²) >= 11 is 0. The van der Waals surface area contributed by atoms with E-state index in [-0.39, 0.29) is 36.0 Å². The van der Waals surface area contributed by atoms with E-state index in [1.165, 1.54) is 21.7 Å². The SMILES string of the molecule is C[C@H]1CO[C@@H]2Cn3cc(C(=O)NCc4ccc(F)cc4F)c(=O)c(ON)c3C(=O)N12. The molecule has 2 atom stereocenters. The normalized spacial score (nSPS) is 20.0. The van der Waals surface area contributed by atoms with Crippen LogP contribution < -0.4 is 21.5 Å². The summed E-state index contributed by atoms with van der Waals surface area (Å²) in [6.07, 6.45) is 0.676. The van der Waals surface area contributed by atoms with Gasteiger partial charge in [-0.3, -0.25) is 14.4 Å². The Bertz CT molecular complexity index is 1100. The van der Waals surface area contributed by atoms with Gasteiger partial charge >= 0.3 is 0 Å². The molecule has 11 heteroatoms. The highest BCUT2D eigenvalue weighted by Gasteiger charge is 2.43. The van der Waals surface area contributed by atoms with Crippen LogP contribution in [0.3, 0.4) is 0 Å². The van der Waals surface area contributed by atoms with Crippen LogP contribution in [0.2, 0.25) is 0 Å². The maximum Gasteiger partial charge on any atom is 0.277 e. The number of carbonyl (C=O) groups is 2. The molecule has 30 heavy (non-hydrogen) atoms. The topological polar surface area (TPSA) is 116 Å². The first-order chi connectivity index (χ1) is 14.3. The third-order valence-corrected chi connectivity index (χ3v) is 5.16. The highest BCUT2D eigenvalue weighted by Crippen LogP contribution is 2.29. The number of nitrogens with two attached hydrogens (primary N) is 1. The second kappa shape index (κ2) is 7.50. The Morgan fingerprint density at radius 1 is 1.37 bits per heavy atom. The molecule has 0 saturated carbocycles. The lowest BCUT2D eigenvalue weighted by atomic mass is 10.1. The Kier molecular flexibility index (Phi) is 5.00. The number of ether oxygens (including phenoxy) is 1. The number of nitrogens with one attached hydrogen (secondary N) is 1. The molecule has 9 nitrogen and oxygen atoms in total. The van der Waals surface area contributed by atoms with Gasteiger partial charge in [-0.1, -0.05) is 6.07 Å². The van der Waals surface area contributed by atoms with Gasteiger partial charge in [0.15, 0.2) is 11.9 Å². The summed E-state index contributed by atoms with van der Waals surface area (Å²) < 4.78 is 33.8. The molecule has 0 radical (unpaired) electrons. The third-order valence-electron chi connectivity index (χ3n) is 5.16. The molecule has 1 saturated heterocycles. The van der Waals surface area contributed by atoms with Crippen molar-refractivity contribution in [2.75, 3.05) is 6.61 Å². The standard InChI is InChI=1S/C19H18F2N4O5/c1-9-8-29-14-7-24-6-12(16(26)17(30-22)15(24)19(28)25(9)14)18(27)23-5-10-2-3-11(20)4-13(10)21/h2-4,6,9,14H,5,7-8,22H2,1H3,(H,23,27)/t9-,14+/m0/s1. The number of hydrogen-bond acceptors (Lipinski definition) is 6. The lowest BCUT2D eigenvalue weighted by Gasteiger charge is -2.33. The van der Waals surface area contributed by atoms with Gasteiger partial charge in [0.2, 0.25) is 11.2 Å². The molecule has 1 aromatic carbocycles. The lowest BCUT2D eigenvalue weighted by Crippen LogP contribution is -2.49. The van der Waals surface area contributed by atoms with Crippen LogP contribution in [0.4, 0.5) is 8.78 Å². The molecule has 0 aliphatic carbocycles. The molecule has 0 unspecified atom stereocenters. The number of fused-ring (bicyclic) bond motifs is 2. The van der Waals surface area contributed by atoms with Crippen molar-refractivity contribution < 1.29 is 27.9 Å². The summed E-state index contributed by atoms with van der Waals surface area (Å²) in [5.74, 6) is 1.89. The summed E-state index contributed by atoms with van der Waals surface area (Å²) in [5.41, 5.74) is -1.25. The Morgan fingerprint density at radius 2 is 2.13 bits per heavy atom. The van der Waals surface area contributed by atoms with Crippen LogP contribution in [0.25, 0.3) is 0 Å². The van der Waals surface area contributed by atoms with Crippen molar-refractivity contribution in [2.45, 2.75) is 32.3 Å². The summed E-state index contributed by atoms with van der Waals surface area (Å²) in [7, 11) is 0. The van der Waals surface area contributed by atoms with E-state index in [4.69, 9.17) is 10.6 Å². The van der Waals surface area contributed by atoms with Crippen LogP contribution in [-0.2, 0) is 17.8 Å². The number of rotatable bonds is 4. The molecule has 0 bridgehead atoms. The van der Waals surface area contributed by atoms with E-state index < -0.39 is 40.9 Å². The maximum absolute atomic E-state index is 13.8. The first kappa shape index (κ1) is 20.0. The Morgan fingerprint density at radius 3 is 2.83 bits per heavy atom. The van der Waals surface area contributed by atoms with E-state index >= 15 is 0 Å². The summed E-state index contributed by atoms with van der Waals surface area (Å²) in [5, 5.41) is 2.40. The Hall–Kier alpha value is -3.31. The van der Waals surface area contributed by atoms with Gasteiger partial charge in [0.05, 0.1) is 19.2 Å². The minimum absolute atomic E-state index is 0.0391. The molecule has 0 spiro atoms. The van der Waals surface area contributed by atoms with E-state index in [1.807, 2.05) is 6.92 Å². The summed E-state index contributed by atoms with van der Waals surface area (Å²) in [4.78, 5) is 44.4. The van der Waals surface area contributed by atoms with E-state index in [9.17, 15) is 23.2 Å². The van der Waals surface area contributed by atoms with Gasteiger partial charge in [0, 0.05) is 24.4 Å². The van der Waals surface area contributed by atoms with E-state index in [2.05, 4.69) is 10.2 Å². The average molecular weight is 420 g/mol. The summed E-state index contributed by atoms with van der Waals surface area (Å²) in [6.45, 7) is 2.05. The van der Waals surface area contributed by atoms with Crippen LogP contribution in [0.15, 0.2) is 29.2 Å². The fraction of sp³-hybridized carbons (Fsp3) is 0.316. The van der Waals surface area contributed by atoms with Crippen LogP contribution in [-0.4, -0.2) is 40.2 Å². The fourth-order valence-electron chi connectivity index (χ4n) is 3.67. The van der Waals surface area contributed by atoms with Crippen molar-refractivity contribution in [3.05, 3.63) is 63.1 Å². The highest BCUT2D eigenvalue weighted by molar-refractivity contribution is 5.99. The minimum Gasteiger partial charge on any atom is -0.405 e. The molecule has 2 amide bonds. The third kappa shape index (κ3) is 3.21. The monoisotopic (exact) mass is 420 g/mol. The molecule has 3 heterocycles. The minimum atomic E-state index is -0.875. The number of aromatic nitrogens is 1. The van der Waals surface area contributed by atoms with Gasteiger partial charge in [0.1, 0.15) is 17.2 Å². The molecule has 2 aromatic rings. The molecule has 1 fully saturated rings. The van der Waals surface area contributed by atoms with Gasteiger partial charge in [-0.15, -0.1) is 0 Å². The molecule has 158 valence electrons. The van der Waals surface area contributed by atoms with Crippen LogP contribution in [0.5, 0.6) is 5.75 Å². The van der Waals surface area contributed by atoms with Crippen molar-refractivity contribution in [3.63, 3.8) is 0 Å². The fourth-order valence-corrected chi connectivity index (χ4v) is 3.67. The van der Waals surface area contributed by atoms with Crippen molar-refractivity contribution in [1.29, 1.82) is 0 Å². The van der Waals surface area contributed by atoms with Crippen LogP contribution in [0, 0.1) is 11.6 Å². The first-order valence-corrected chi connectivity index (χ1v) is 9.12. The number of halogens is 2. The first-order valence-electron chi connectivity index (χ1n) is 9.12. The Balaban J connectivity index is 1.66. The predicted octanol–water partition coefficient (Wildman–Crippen LogP) is 0.510. The predicted molar refractivity (Wildman–Crippen MR) is 98.4 cm³/mol. The molecule has 2 aliphatic heterocycles. The molecular weight excluding hydrogens is 402 g/mol. The van der Waals surface area contributed by atoms with Gasteiger partial charge in [-0.2, -0.15) is 5.90 Å². The Labute approximate surface area is 168 Å².